The van der Waals surface area contributed by atoms with Gasteiger partial charge in [-0.15, -0.1) is 0 Å². The average molecular weight is 238 g/mol. The van der Waals surface area contributed by atoms with Crippen molar-refractivity contribution in [1.82, 2.24) is 0 Å². The number of hydrogen-bond donors (Lipinski definition) is 0. The van der Waals surface area contributed by atoms with Crippen LogP contribution in [0.2, 0.25) is 0 Å². The third-order valence-corrected chi connectivity index (χ3v) is 3.96. The lowest BCUT2D eigenvalue weighted by atomic mass is 9.80. The largest absolute Gasteiger partial charge is 0.467 e. The molecule has 1 fully saturated rings. The molecule has 0 saturated heterocycles. The summed E-state index contributed by atoms with van der Waals surface area (Å²) in [6.45, 7) is 2.17. The van der Waals surface area contributed by atoms with Crippen molar-refractivity contribution in [2.75, 3.05) is 7.11 Å². The van der Waals surface area contributed by atoms with Crippen LogP contribution in [0.4, 0.5) is 0 Å². The van der Waals surface area contributed by atoms with Crippen LogP contribution < -0.4 is 0 Å². The lowest BCUT2D eigenvalue weighted by Gasteiger charge is -2.37. The quantitative estimate of drug-likeness (QED) is 0.548. The molecule has 1 aliphatic carbocycles. The number of esters is 1. The highest BCUT2D eigenvalue weighted by Crippen LogP contribution is 2.34. The van der Waals surface area contributed by atoms with Gasteiger partial charge in [0.15, 0.2) is 6.10 Å². The van der Waals surface area contributed by atoms with E-state index in [4.69, 9.17) is 9.47 Å². The van der Waals surface area contributed by atoms with E-state index in [0.717, 1.165) is 0 Å². The van der Waals surface area contributed by atoms with Crippen molar-refractivity contribution in [3.05, 3.63) is 12.2 Å². The maximum atomic E-state index is 11.5. The third kappa shape index (κ3) is 2.89. The van der Waals surface area contributed by atoms with Crippen LogP contribution in [-0.4, -0.2) is 25.3 Å². The molecule has 1 heterocycles. The zero-order chi connectivity index (χ0) is 12.3. The molecule has 96 valence electrons. The molecule has 17 heavy (non-hydrogen) atoms. The van der Waals surface area contributed by atoms with Gasteiger partial charge >= 0.3 is 5.97 Å². The molecule has 0 aromatic rings. The number of rotatable bonds is 2. The molecule has 3 heteroatoms. The summed E-state index contributed by atoms with van der Waals surface area (Å²) in [6.07, 6.45) is 10.0. The highest BCUT2D eigenvalue weighted by atomic mass is 16.6. The first-order chi connectivity index (χ1) is 8.22. The van der Waals surface area contributed by atoms with E-state index in [-0.39, 0.29) is 12.1 Å². The summed E-state index contributed by atoms with van der Waals surface area (Å²) in [5.74, 6) is 0.726. The lowest BCUT2D eigenvalue weighted by molar-refractivity contribution is -0.159. The second-order valence-corrected chi connectivity index (χ2v) is 5.19. The van der Waals surface area contributed by atoms with Crippen molar-refractivity contribution in [1.29, 1.82) is 0 Å². The monoisotopic (exact) mass is 238 g/mol. The fourth-order valence-corrected chi connectivity index (χ4v) is 2.98. The van der Waals surface area contributed by atoms with Gasteiger partial charge in [0, 0.05) is 5.92 Å². The van der Waals surface area contributed by atoms with E-state index in [1.807, 2.05) is 6.08 Å². The topological polar surface area (TPSA) is 35.5 Å². The Morgan fingerprint density at radius 3 is 2.59 bits per heavy atom. The van der Waals surface area contributed by atoms with Crippen LogP contribution in [0.25, 0.3) is 0 Å². The van der Waals surface area contributed by atoms with E-state index in [9.17, 15) is 4.79 Å². The van der Waals surface area contributed by atoms with E-state index in [2.05, 4.69) is 13.0 Å². The van der Waals surface area contributed by atoms with Crippen LogP contribution in [0, 0.1) is 11.8 Å². The van der Waals surface area contributed by atoms with Crippen LogP contribution in [0.1, 0.15) is 39.0 Å². The molecule has 0 spiro atoms. The number of hydrogen-bond acceptors (Lipinski definition) is 3. The first-order valence-corrected chi connectivity index (χ1v) is 6.64. The van der Waals surface area contributed by atoms with Gasteiger partial charge < -0.3 is 9.47 Å². The van der Waals surface area contributed by atoms with Gasteiger partial charge in [-0.3, -0.25) is 0 Å². The molecule has 0 unspecified atom stereocenters. The minimum atomic E-state index is -0.497. The van der Waals surface area contributed by atoms with E-state index >= 15 is 0 Å². The highest BCUT2D eigenvalue weighted by Gasteiger charge is 2.34. The van der Waals surface area contributed by atoms with Gasteiger partial charge in [-0.25, -0.2) is 4.79 Å². The molecule has 0 amide bonds. The summed E-state index contributed by atoms with van der Waals surface area (Å²) in [6, 6.07) is 0. The van der Waals surface area contributed by atoms with Gasteiger partial charge in [0.2, 0.25) is 0 Å². The Morgan fingerprint density at radius 1 is 1.24 bits per heavy atom. The molecule has 0 radical (unpaired) electrons. The molecule has 1 aliphatic heterocycles. The molecule has 3 nitrogen and oxygen atoms in total. The van der Waals surface area contributed by atoms with Crippen molar-refractivity contribution >= 4 is 5.97 Å². The second kappa shape index (κ2) is 5.67. The van der Waals surface area contributed by atoms with Gasteiger partial charge in [-0.2, -0.15) is 0 Å². The molecule has 0 aromatic carbocycles. The van der Waals surface area contributed by atoms with E-state index in [1.54, 1.807) is 0 Å². The van der Waals surface area contributed by atoms with E-state index in [1.165, 1.54) is 39.2 Å². The molecule has 0 aromatic heterocycles. The van der Waals surface area contributed by atoms with Crippen LogP contribution >= 0.6 is 0 Å². The maximum absolute atomic E-state index is 11.5. The van der Waals surface area contributed by atoms with Crippen molar-refractivity contribution in [2.45, 2.75) is 51.2 Å². The molecular formula is C14H22O3. The lowest BCUT2D eigenvalue weighted by Crippen LogP contribution is -2.40. The van der Waals surface area contributed by atoms with Crippen molar-refractivity contribution < 1.29 is 14.3 Å². The smallest absolute Gasteiger partial charge is 0.339 e. The Morgan fingerprint density at radius 2 is 1.94 bits per heavy atom. The number of carbonyl (C=O) groups is 1. The zero-order valence-electron chi connectivity index (χ0n) is 10.7. The minimum absolute atomic E-state index is 0.185. The second-order valence-electron chi connectivity index (χ2n) is 5.19. The number of ether oxygens (including phenoxy) is 2. The van der Waals surface area contributed by atoms with Crippen molar-refractivity contribution in [3.63, 3.8) is 0 Å². The van der Waals surface area contributed by atoms with E-state index < -0.39 is 6.10 Å². The Bertz CT molecular complexity index is 292. The molecule has 0 N–H and O–H groups in total. The summed E-state index contributed by atoms with van der Waals surface area (Å²) in [4.78, 5) is 11.5. The first-order valence-electron chi connectivity index (χ1n) is 6.64. The summed E-state index contributed by atoms with van der Waals surface area (Å²) < 4.78 is 10.7. The maximum Gasteiger partial charge on any atom is 0.339 e. The normalized spacial score (nSPS) is 34.6. The minimum Gasteiger partial charge on any atom is -0.467 e. The van der Waals surface area contributed by atoms with Gasteiger partial charge in [0.05, 0.1) is 13.2 Å². The molecule has 0 bridgehead atoms. The van der Waals surface area contributed by atoms with Crippen molar-refractivity contribution in [3.8, 4) is 0 Å². The highest BCUT2D eigenvalue weighted by molar-refractivity contribution is 5.76. The Labute approximate surface area is 103 Å². The summed E-state index contributed by atoms with van der Waals surface area (Å²) >= 11 is 0. The third-order valence-electron chi connectivity index (χ3n) is 3.96. The van der Waals surface area contributed by atoms with Crippen LogP contribution in [0.3, 0.4) is 0 Å². The Balaban J connectivity index is 2.01. The fourth-order valence-electron chi connectivity index (χ4n) is 2.98. The van der Waals surface area contributed by atoms with Crippen LogP contribution in [0.15, 0.2) is 12.2 Å². The van der Waals surface area contributed by atoms with Gasteiger partial charge in [-0.1, -0.05) is 32.3 Å². The first kappa shape index (κ1) is 12.6. The SMILES string of the molecule is COC(=O)[C@H]1C=C[C@@H](C)[C@@H](C2CCCCC2)O1. The Kier molecular flexibility index (Phi) is 4.21. The molecule has 1 saturated carbocycles. The number of methoxy groups -OCH3 is 1. The summed E-state index contributed by atoms with van der Waals surface area (Å²) in [5.41, 5.74) is 0. The van der Waals surface area contributed by atoms with Crippen LogP contribution in [0.5, 0.6) is 0 Å². The zero-order valence-corrected chi connectivity index (χ0v) is 10.7. The summed E-state index contributed by atoms with van der Waals surface area (Å²) in [5, 5.41) is 0. The molecule has 3 atom stereocenters. The van der Waals surface area contributed by atoms with Gasteiger partial charge in [0.1, 0.15) is 0 Å². The predicted molar refractivity (Wildman–Crippen MR) is 65.6 cm³/mol. The average Bonchev–Trinajstić information content (AvgIpc) is 2.39. The predicted octanol–water partition coefficient (Wildman–Crippen LogP) is 2.70. The Hall–Kier alpha value is -0.830. The van der Waals surface area contributed by atoms with Gasteiger partial charge in [-0.05, 0) is 24.8 Å². The molecule has 2 aliphatic rings. The molecule has 2 rings (SSSR count). The molecular weight excluding hydrogens is 216 g/mol. The summed E-state index contributed by atoms with van der Waals surface area (Å²) in [7, 11) is 1.41. The standard InChI is InChI=1S/C14H22O3/c1-10-8-9-12(14(15)16-2)17-13(10)11-6-4-3-5-7-11/h8-13H,3-7H2,1-2H3/t10-,12-,13+/m1/s1. The van der Waals surface area contributed by atoms with Crippen LogP contribution in [-0.2, 0) is 14.3 Å². The van der Waals surface area contributed by atoms with E-state index in [0.29, 0.717) is 11.8 Å². The van der Waals surface area contributed by atoms with Gasteiger partial charge in [0.25, 0.3) is 0 Å². The fraction of sp³-hybridized carbons (Fsp3) is 0.786. The number of carbonyl (C=O) groups excluding carboxylic acids is 1. The van der Waals surface area contributed by atoms with Crippen molar-refractivity contribution in [2.24, 2.45) is 11.8 Å².